The van der Waals surface area contributed by atoms with Gasteiger partial charge in [-0.2, -0.15) is 0 Å². The number of benzene rings is 1. The summed E-state index contributed by atoms with van der Waals surface area (Å²) in [6.45, 7) is 1.79. The number of nitrogens with zero attached hydrogens (tertiary/aromatic N) is 1. The molecule has 0 radical (unpaired) electrons. The third-order valence-electron chi connectivity index (χ3n) is 6.97. The third-order valence-corrected chi connectivity index (χ3v) is 6.97. The minimum absolute atomic E-state index is 0.104. The molecule has 164 valence electrons. The Hall–Kier alpha value is -2.62. The molecule has 3 aliphatic heterocycles. The van der Waals surface area contributed by atoms with E-state index in [9.17, 15) is 19.2 Å². The van der Waals surface area contributed by atoms with Crippen molar-refractivity contribution < 1.29 is 23.9 Å². The second-order valence-electron chi connectivity index (χ2n) is 8.98. The summed E-state index contributed by atoms with van der Waals surface area (Å²) < 4.78 is 5.71. The summed E-state index contributed by atoms with van der Waals surface area (Å²) in [5.41, 5.74) is 7.57. The maximum Gasteiger partial charge on any atom is 0.262 e. The van der Waals surface area contributed by atoms with Gasteiger partial charge < -0.3 is 15.8 Å². The van der Waals surface area contributed by atoms with E-state index in [2.05, 4.69) is 10.6 Å². The van der Waals surface area contributed by atoms with E-state index in [0.29, 0.717) is 42.7 Å². The van der Waals surface area contributed by atoms with E-state index in [4.69, 9.17) is 10.5 Å². The van der Waals surface area contributed by atoms with Gasteiger partial charge in [-0.25, -0.2) is 0 Å². The highest BCUT2D eigenvalue weighted by atomic mass is 16.5. The summed E-state index contributed by atoms with van der Waals surface area (Å²) in [4.78, 5) is 50.9. The highest BCUT2D eigenvalue weighted by Gasteiger charge is 2.46. The molecule has 9 heteroatoms. The second-order valence-corrected chi connectivity index (χ2v) is 8.98. The number of hydrogen-bond acceptors (Lipinski definition) is 7. The van der Waals surface area contributed by atoms with Crippen LogP contribution < -0.4 is 16.4 Å². The fourth-order valence-corrected chi connectivity index (χ4v) is 5.56. The molecular formula is C22H26N4O5. The number of amides is 4. The minimum Gasteiger partial charge on any atom is -0.381 e. The smallest absolute Gasteiger partial charge is 0.262 e. The van der Waals surface area contributed by atoms with Crippen LogP contribution in [0.5, 0.6) is 0 Å². The molecule has 2 saturated heterocycles. The van der Waals surface area contributed by atoms with Crippen molar-refractivity contribution in [1.29, 1.82) is 0 Å². The van der Waals surface area contributed by atoms with Crippen LogP contribution in [-0.4, -0.2) is 59.9 Å². The Morgan fingerprint density at radius 2 is 1.84 bits per heavy atom. The van der Waals surface area contributed by atoms with E-state index >= 15 is 0 Å². The molecule has 1 aromatic rings. The van der Waals surface area contributed by atoms with Gasteiger partial charge in [0.05, 0.1) is 24.3 Å². The largest absolute Gasteiger partial charge is 0.381 e. The Labute approximate surface area is 179 Å². The fourth-order valence-electron chi connectivity index (χ4n) is 5.56. The van der Waals surface area contributed by atoms with Gasteiger partial charge in [0.2, 0.25) is 11.8 Å². The molecule has 4 amide bonds. The predicted octanol–water partition coefficient (Wildman–Crippen LogP) is -0.0703. The van der Waals surface area contributed by atoms with Crippen LogP contribution in [0, 0.1) is 11.8 Å². The lowest BCUT2D eigenvalue weighted by Crippen LogP contribution is -2.55. The summed E-state index contributed by atoms with van der Waals surface area (Å²) in [7, 11) is 0. The maximum absolute atomic E-state index is 13.2. The number of carbonyl (C=O) groups is 4. The first-order valence-electron chi connectivity index (χ1n) is 10.8. The highest BCUT2D eigenvalue weighted by Crippen LogP contribution is 2.34. The summed E-state index contributed by atoms with van der Waals surface area (Å²) in [5.74, 6) is -1.28. The van der Waals surface area contributed by atoms with Gasteiger partial charge in [0.15, 0.2) is 0 Å². The van der Waals surface area contributed by atoms with Crippen molar-refractivity contribution >= 4 is 23.6 Å². The average Bonchev–Trinajstić information content (AvgIpc) is 2.98. The van der Waals surface area contributed by atoms with Crippen molar-refractivity contribution in [2.24, 2.45) is 17.6 Å². The Morgan fingerprint density at radius 1 is 1.10 bits per heavy atom. The standard InChI is InChI=1S/C22H26N4O5/c23-14-6-12-9-31-10-13(7-14)19(12)24-8-11-2-1-3-15-18(11)22(30)26(21(15)29)16-4-5-17(27)25-20(16)28/h1-3,12-14,16,19,24H,4-10,23H2,(H,25,27,28). The SMILES string of the molecule is NC1CC2COCC(C1)C2NCc1cccc2c1C(=O)N(C1CCC(=O)NC1=O)C2=O. The monoisotopic (exact) mass is 426 g/mol. The van der Waals surface area contributed by atoms with Crippen molar-refractivity contribution in [1.82, 2.24) is 15.5 Å². The number of rotatable bonds is 4. The lowest BCUT2D eigenvalue weighted by atomic mass is 9.73. The van der Waals surface area contributed by atoms with Crippen molar-refractivity contribution in [3.8, 4) is 0 Å². The fraction of sp³-hybridized carbons (Fsp3) is 0.545. The number of carbonyl (C=O) groups excluding carboxylic acids is 4. The predicted molar refractivity (Wildman–Crippen MR) is 109 cm³/mol. The van der Waals surface area contributed by atoms with Crippen LogP contribution in [0.3, 0.4) is 0 Å². The van der Waals surface area contributed by atoms with Gasteiger partial charge >= 0.3 is 0 Å². The molecule has 5 rings (SSSR count). The van der Waals surface area contributed by atoms with Gasteiger partial charge in [0.25, 0.3) is 11.8 Å². The Morgan fingerprint density at radius 3 is 2.55 bits per heavy atom. The molecule has 31 heavy (non-hydrogen) atoms. The number of nitrogens with two attached hydrogens (primary N) is 1. The van der Waals surface area contributed by atoms with E-state index in [1.54, 1.807) is 12.1 Å². The van der Waals surface area contributed by atoms with E-state index in [1.165, 1.54) is 0 Å². The topological polar surface area (TPSA) is 131 Å². The number of ether oxygens (including phenoxy) is 1. The molecule has 2 bridgehead atoms. The number of fused-ring (bicyclic) bond motifs is 3. The molecule has 3 atom stereocenters. The molecule has 3 unspecified atom stereocenters. The zero-order chi connectivity index (χ0) is 21.7. The molecular weight excluding hydrogens is 400 g/mol. The first-order valence-corrected chi connectivity index (χ1v) is 10.8. The third kappa shape index (κ3) is 3.46. The van der Waals surface area contributed by atoms with E-state index < -0.39 is 23.8 Å². The van der Waals surface area contributed by atoms with Crippen molar-refractivity contribution in [3.63, 3.8) is 0 Å². The average molecular weight is 426 g/mol. The number of piperidine rings is 1. The molecule has 1 saturated carbocycles. The van der Waals surface area contributed by atoms with E-state index in [-0.39, 0.29) is 30.8 Å². The van der Waals surface area contributed by atoms with E-state index in [1.807, 2.05) is 6.07 Å². The molecule has 9 nitrogen and oxygen atoms in total. The number of hydrogen-bond donors (Lipinski definition) is 3. The summed E-state index contributed by atoms with van der Waals surface area (Å²) in [6, 6.07) is 4.71. The lowest BCUT2D eigenvalue weighted by molar-refractivity contribution is -0.136. The van der Waals surface area contributed by atoms with Crippen molar-refractivity contribution in [2.45, 2.75) is 50.4 Å². The Kier molecular flexibility index (Phi) is 5.11. The summed E-state index contributed by atoms with van der Waals surface area (Å²) >= 11 is 0. The molecule has 3 fully saturated rings. The van der Waals surface area contributed by atoms with Crippen LogP contribution in [0.4, 0.5) is 0 Å². The van der Waals surface area contributed by atoms with Gasteiger partial charge in [-0.3, -0.25) is 29.4 Å². The molecule has 4 aliphatic rings. The zero-order valence-electron chi connectivity index (χ0n) is 17.1. The zero-order valence-corrected chi connectivity index (χ0v) is 17.1. The normalized spacial score (nSPS) is 32.8. The Bertz CT molecular complexity index is 949. The summed E-state index contributed by atoms with van der Waals surface area (Å²) in [6.07, 6.45) is 2.06. The summed E-state index contributed by atoms with van der Waals surface area (Å²) in [5, 5.41) is 5.82. The minimum atomic E-state index is -0.956. The number of imide groups is 2. The first kappa shape index (κ1) is 20.3. The van der Waals surface area contributed by atoms with E-state index in [0.717, 1.165) is 23.3 Å². The highest BCUT2D eigenvalue weighted by molar-refractivity contribution is 6.24. The van der Waals surface area contributed by atoms with Crippen LogP contribution in [0.2, 0.25) is 0 Å². The number of nitrogens with one attached hydrogen (secondary N) is 2. The Balaban J connectivity index is 1.36. The van der Waals surface area contributed by atoms with Gasteiger partial charge in [0, 0.05) is 25.0 Å². The van der Waals surface area contributed by atoms with Crippen LogP contribution >= 0.6 is 0 Å². The van der Waals surface area contributed by atoms with Gasteiger partial charge in [-0.05, 0) is 42.7 Å². The molecule has 1 aliphatic carbocycles. The van der Waals surface area contributed by atoms with Crippen molar-refractivity contribution in [2.75, 3.05) is 13.2 Å². The quantitative estimate of drug-likeness (QED) is 0.575. The van der Waals surface area contributed by atoms with Crippen LogP contribution in [0.1, 0.15) is 52.0 Å². The van der Waals surface area contributed by atoms with Crippen molar-refractivity contribution in [3.05, 3.63) is 34.9 Å². The molecule has 0 spiro atoms. The maximum atomic E-state index is 13.2. The first-order chi connectivity index (χ1) is 14.9. The second kappa shape index (κ2) is 7.81. The van der Waals surface area contributed by atoms with Crippen LogP contribution in [0.25, 0.3) is 0 Å². The molecule has 1 aromatic carbocycles. The molecule has 4 N–H and O–H groups in total. The lowest BCUT2D eigenvalue weighted by Gasteiger charge is -2.45. The van der Waals surface area contributed by atoms with Crippen LogP contribution in [-0.2, 0) is 20.9 Å². The van der Waals surface area contributed by atoms with Gasteiger partial charge in [0.1, 0.15) is 6.04 Å². The van der Waals surface area contributed by atoms with Gasteiger partial charge in [-0.15, -0.1) is 0 Å². The van der Waals surface area contributed by atoms with Crippen LogP contribution in [0.15, 0.2) is 18.2 Å². The molecule has 0 aromatic heterocycles. The molecule has 3 heterocycles. The van der Waals surface area contributed by atoms with Gasteiger partial charge in [-0.1, -0.05) is 12.1 Å².